The van der Waals surface area contributed by atoms with E-state index >= 15 is 0 Å². The Morgan fingerprint density at radius 3 is 2.65 bits per heavy atom. The second kappa shape index (κ2) is 6.40. The lowest BCUT2D eigenvalue weighted by atomic mass is 10.1. The predicted octanol–water partition coefficient (Wildman–Crippen LogP) is 4.15. The van der Waals surface area contributed by atoms with Gasteiger partial charge in [-0.1, -0.05) is 35.9 Å². The van der Waals surface area contributed by atoms with Gasteiger partial charge in [0, 0.05) is 22.5 Å². The summed E-state index contributed by atoms with van der Waals surface area (Å²) >= 11 is 0. The number of nitrogens with one attached hydrogen (secondary N) is 1. The number of ether oxygens (including phenoxy) is 1. The predicted molar refractivity (Wildman–Crippen MR) is 90.5 cm³/mol. The minimum atomic E-state index is -0.972. The number of hydrogen-bond acceptors (Lipinski definition) is 2. The molecule has 0 unspecified atom stereocenters. The summed E-state index contributed by atoms with van der Waals surface area (Å²) in [5, 5.41) is 9.86. The summed E-state index contributed by atoms with van der Waals surface area (Å²) in [5.41, 5.74) is 3.83. The average Bonchev–Trinajstić information content (AvgIpc) is 2.90. The summed E-state index contributed by atoms with van der Waals surface area (Å²) in [4.78, 5) is 14.1. The number of aromatic amines is 1. The van der Waals surface area contributed by atoms with Crippen molar-refractivity contribution in [1.29, 1.82) is 0 Å². The lowest BCUT2D eigenvalue weighted by Crippen LogP contribution is -1.98. The summed E-state index contributed by atoms with van der Waals surface area (Å²) < 4.78 is 5.81. The van der Waals surface area contributed by atoms with Crippen molar-refractivity contribution in [1.82, 2.24) is 4.98 Å². The third-order valence-electron chi connectivity index (χ3n) is 3.62. The smallest absolute Gasteiger partial charge is 0.328 e. The molecule has 0 saturated carbocycles. The number of carbonyl (C=O) groups is 1. The summed E-state index contributed by atoms with van der Waals surface area (Å²) in [6, 6.07) is 15.6. The first-order chi connectivity index (χ1) is 11.1. The molecule has 0 saturated heterocycles. The molecule has 0 aliphatic carbocycles. The number of para-hydroxylation sites is 1. The zero-order chi connectivity index (χ0) is 16.2. The van der Waals surface area contributed by atoms with Gasteiger partial charge in [-0.25, -0.2) is 4.79 Å². The van der Waals surface area contributed by atoms with Crippen LogP contribution in [0.1, 0.15) is 16.8 Å². The van der Waals surface area contributed by atoms with Gasteiger partial charge in [0.25, 0.3) is 0 Å². The first kappa shape index (κ1) is 14.9. The van der Waals surface area contributed by atoms with Crippen LogP contribution in [0.2, 0.25) is 0 Å². The lowest BCUT2D eigenvalue weighted by Gasteiger charge is -2.06. The first-order valence-electron chi connectivity index (χ1n) is 7.33. The van der Waals surface area contributed by atoms with Crippen molar-refractivity contribution in [3.05, 3.63) is 71.4 Å². The molecule has 0 aliphatic heterocycles. The van der Waals surface area contributed by atoms with Crippen LogP contribution < -0.4 is 4.74 Å². The number of carboxylic acids is 1. The quantitative estimate of drug-likeness (QED) is 0.696. The van der Waals surface area contributed by atoms with E-state index in [-0.39, 0.29) is 0 Å². The lowest BCUT2D eigenvalue weighted by molar-refractivity contribution is -0.131. The SMILES string of the molecule is Cc1ccc(OCc2[nH]c3ccccc3c2/C=C/C(=O)O)cc1. The van der Waals surface area contributed by atoms with Gasteiger partial charge in [0.15, 0.2) is 0 Å². The molecular weight excluding hydrogens is 290 g/mol. The number of benzene rings is 2. The molecule has 0 amide bonds. The van der Waals surface area contributed by atoms with Crippen molar-refractivity contribution < 1.29 is 14.6 Å². The molecule has 0 spiro atoms. The third-order valence-corrected chi connectivity index (χ3v) is 3.62. The zero-order valence-electron chi connectivity index (χ0n) is 12.7. The van der Waals surface area contributed by atoms with E-state index in [2.05, 4.69) is 4.98 Å². The van der Waals surface area contributed by atoms with Crippen molar-refractivity contribution in [3.8, 4) is 5.75 Å². The molecule has 3 rings (SSSR count). The number of hydrogen-bond donors (Lipinski definition) is 2. The van der Waals surface area contributed by atoms with Gasteiger partial charge in [0.05, 0.1) is 5.69 Å². The van der Waals surface area contributed by atoms with Gasteiger partial charge in [-0.2, -0.15) is 0 Å². The number of aromatic nitrogens is 1. The van der Waals surface area contributed by atoms with E-state index in [9.17, 15) is 4.79 Å². The van der Waals surface area contributed by atoms with Crippen LogP contribution in [0.3, 0.4) is 0 Å². The fourth-order valence-electron chi connectivity index (χ4n) is 2.47. The van der Waals surface area contributed by atoms with Gasteiger partial charge in [-0.15, -0.1) is 0 Å². The van der Waals surface area contributed by atoms with E-state index in [1.54, 1.807) is 6.08 Å². The Hall–Kier alpha value is -3.01. The number of carboxylic acid groups (broad SMARTS) is 1. The molecular formula is C19H17NO3. The minimum Gasteiger partial charge on any atom is -0.487 e. The molecule has 3 aromatic rings. The molecule has 0 aliphatic rings. The Labute approximate surface area is 134 Å². The van der Waals surface area contributed by atoms with Crippen LogP contribution in [0.25, 0.3) is 17.0 Å². The molecule has 2 aromatic carbocycles. The second-order valence-corrected chi connectivity index (χ2v) is 5.34. The Morgan fingerprint density at radius 1 is 1.17 bits per heavy atom. The van der Waals surface area contributed by atoms with Crippen molar-refractivity contribution in [2.24, 2.45) is 0 Å². The maximum Gasteiger partial charge on any atom is 0.328 e. The number of H-pyrrole nitrogens is 1. The molecule has 0 bridgehead atoms. The molecule has 0 fully saturated rings. The van der Waals surface area contributed by atoms with Crippen molar-refractivity contribution in [2.75, 3.05) is 0 Å². The number of aliphatic carboxylic acids is 1. The summed E-state index contributed by atoms with van der Waals surface area (Å²) in [7, 11) is 0. The molecule has 0 atom stereocenters. The summed E-state index contributed by atoms with van der Waals surface area (Å²) in [6.07, 6.45) is 2.75. The first-order valence-corrected chi connectivity index (χ1v) is 7.33. The van der Waals surface area contributed by atoms with Crippen LogP contribution >= 0.6 is 0 Å². The van der Waals surface area contributed by atoms with Gasteiger partial charge >= 0.3 is 5.97 Å². The van der Waals surface area contributed by atoms with Gasteiger partial charge in [-0.3, -0.25) is 0 Å². The Kier molecular flexibility index (Phi) is 4.15. The maximum atomic E-state index is 10.8. The molecule has 116 valence electrons. The highest BCUT2D eigenvalue weighted by molar-refractivity contribution is 5.94. The fourth-order valence-corrected chi connectivity index (χ4v) is 2.47. The monoisotopic (exact) mass is 307 g/mol. The summed E-state index contributed by atoms with van der Waals surface area (Å²) in [5.74, 6) is -0.192. The molecule has 4 heteroatoms. The maximum absolute atomic E-state index is 10.8. The number of rotatable bonds is 5. The highest BCUT2D eigenvalue weighted by Gasteiger charge is 2.10. The van der Waals surface area contributed by atoms with E-state index in [4.69, 9.17) is 9.84 Å². The largest absolute Gasteiger partial charge is 0.487 e. The molecule has 23 heavy (non-hydrogen) atoms. The van der Waals surface area contributed by atoms with Crippen LogP contribution in [0, 0.1) is 6.92 Å². The van der Waals surface area contributed by atoms with E-state index in [1.807, 2.05) is 55.5 Å². The highest BCUT2D eigenvalue weighted by atomic mass is 16.5. The topological polar surface area (TPSA) is 62.3 Å². The van der Waals surface area contributed by atoms with E-state index in [0.717, 1.165) is 34.0 Å². The zero-order valence-corrected chi connectivity index (χ0v) is 12.7. The third kappa shape index (κ3) is 3.43. The molecule has 1 aromatic heterocycles. The Bertz CT molecular complexity index is 860. The van der Waals surface area contributed by atoms with Gasteiger partial charge in [-0.05, 0) is 31.2 Å². The standard InChI is InChI=1S/C19H17NO3/c1-13-6-8-14(9-7-13)23-12-18-16(10-11-19(21)22)15-4-2-3-5-17(15)20-18/h2-11,20H,12H2,1H3,(H,21,22)/b11-10+. The van der Waals surface area contributed by atoms with Crippen LogP contribution in [0.4, 0.5) is 0 Å². The average molecular weight is 307 g/mol. The van der Waals surface area contributed by atoms with Crippen LogP contribution in [-0.2, 0) is 11.4 Å². The second-order valence-electron chi connectivity index (χ2n) is 5.34. The van der Waals surface area contributed by atoms with Crippen LogP contribution in [0.15, 0.2) is 54.6 Å². The van der Waals surface area contributed by atoms with Crippen LogP contribution in [0.5, 0.6) is 5.75 Å². The van der Waals surface area contributed by atoms with E-state index < -0.39 is 5.97 Å². The molecule has 1 heterocycles. The molecule has 0 radical (unpaired) electrons. The molecule has 2 N–H and O–H groups in total. The Morgan fingerprint density at radius 2 is 1.91 bits per heavy atom. The summed E-state index contributed by atoms with van der Waals surface area (Å²) in [6.45, 7) is 2.37. The van der Waals surface area contributed by atoms with Crippen molar-refractivity contribution in [2.45, 2.75) is 13.5 Å². The van der Waals surface area contributed by atoms with Crippen LogP contribution in [-0.4, -0.2) is 16.1 Å². The fraction of sp³-hybridized carbons (Fsp3) is 0.105. The molecule has 4 nitrogen and oxygen atoms in total. The number of aryl methyl sites for hydroxylation is 1. The highest BCUT2D eigenvalue weighted by Crippen LogP contribution is 2.25. The van der Waals surface area contributed by atoms with Crippen molar-refractivity contribution in [3.63, 3.8) is 0 Å². The Balaban J connectivity index is 1.91. The van der Waals surface area contributed by atoms with E-state index in [1.165, 1.54) is 5.56 Å². The number of fused-ring (bicyclic) bond motifs is 1. The van der Waals surface area contributed by atoms with Gasteiger partial charge in [0.2, 0.25) is 0 Å². The van der Waals surface area contributed by atoms with Gasteiger partial charge < -0.3 is 14.8 Å². The van der Waals surface area contributed by atoms with E-state index in [0.29, 0.717) is 6.61 Å². The minimum absolute atomic E-state index is 0.344. The normalized spacial score (nSPS) is 11.2. The van der Waals surface area contributed by atoms with Gasteiger partial charge in [0.1, 0.15) is 12.4 Å². The van der Waals surface area contributed by atoms with Crippen molar-refractivity contribution >= 4 is 22.9 Å².